The van der Waals surface area contributed by atoms with E-state index in [9.17, 15) is 19.0 Å². The number of phosphoric ester groups is 1. The number of allylic oxidation sites excluding steroid dienone is 10. The van der Waals surface area contributed by atoms with E-state index >= 15 is 0 Å². The summed E-state index contributed by atoms with van der Waals surface area (Å²) in [7, 11) is -4.40. The van der Waals surface area contributed by atoms with Gasteiger partial charge in [-0.15, -0.1) is 0 Å². The maximum atomic E-state index is 12.5. The van der Waals surface area contributed by atoms with Crippen molar-refractivity contribution in [3.8, 4) is 0 Å². The van der Waals surface area contributed by atoms with E-state index in [2.05, 4.69) is 68.5 Å². The Morgan fingerprint density at radius 2 is 0.945 bits per heavy atom. The molecule has 0 heterocycles. The zero-order valence-corrected chi connectivity index (χ0v) is 35.8. The van der Waals surface area contributed by atoms with E-state index in [1.807, 2.05) is 6.08 Å². The Morgan fingerprint density at radius 1 is 0.545 bits per heavy atom. The maximum Gasteiger partial charge on any atom is 0.472 e. The zero-order chi connectivity index (χ0) is 40.3. The van der Waals surface area contributed by atoms with Crippen LogP contribution in [0, 0.1) is 0 Å². The van der Waals surface area contributed by atoms with Crippen molar-refractivity contribution < 1.29 is 37.6 Å². The smallest absolute Gasteiger partial charge is 0.462 e. The first-order chi connectivity index (χ1) is 26.8. The molecule has 0 fully saturated rings. The summed E-state index contributed by atoms with van der Waals surface area (Å²) in [5, 5.41) is 0. The molecule has 0 aliphatic rings. The van der Waals surface area contributed by atoms with Crippen molar-refractivity contribution in [3.05, 3.63) is 60.8 Å². The summed E-state index contributed by atoms with van der Waals surface area (Å²) in [6.45, 7) is 3.61. The lowest BCUT2D eigenvalue weighted by molar-refractivity contribution is -0.161. The van der Waals surface area contributed by atoms with E-state index in [4.69, 9.17) is 24.3 Å². The molecule has 1 unspecified atom stereocenters. The highest BCUT2D eigenvalue weighted by atomic mass is 31.2. The summed E-state index contributed by atoms with van der Waals surface area (Å²) in [5.74, 6) is -0.945. The molecule has 2 atom stereocenters. The minimum Gasteiger partial charge on any atom is -0.462 e. The number of hydrogen-bond acceptors (Lipinski definition) is 8. The highest BCUT2D eigenvalue weighted by Crippen LogP contribution is 2.43. The molecular weight excluding hydrogens is 713 g/mol. The Morgan fingerprint density at radius 3 is 1.40 bits per heavy atom. The number of nitrogens with two attached hydrogens (primary N) is 1. The predicted octanol–water partition coefficient (Wildman–Crippen LogP) is 12.5. The standard InChI is InChI=1S/C45H80NO8P/c1-3-5-7-9-11-13-15-17-19-21-23-25-27-29-31-33-35-37-44(47)51-41-43(42-53-55(49,50)52-40-39-46)54-45(48)38-36-34-32-30-28-26-24-22-20-18-16-14-12-10-8-6-4-2/h18,20,23-26,29-32,43H,3-17,19,21-22,27-28,33-42,46H2,1-2H3,(H,49,50)/b20-18+,25-23+,26-24+,31-29+,32-30+/t43-/m1/s1. The fraction of sp³-hybridized carbons (Fsp3) is 0.733. The maximum absolute atomic E-state index is 12.5. The van der Waals surface area contributed by atoms with Crippen LogP contribution in [0.25, 0.3) is 0 Å². The molecule has 0 saturated heterocycles. The van der Waals surface area contributed by atoms with Gasteiger partial charge in [-0.3, -0.25) is 18.6 Å². The third kappa shape index (κ3) is 41.2. The number of hydrogen-bond donors (Lipinski definition) is 2. The van der Waals surface area contributed by atoms with Gasteiger partial charge in [0.1, 0.15) is 6.61 Å². The van der Waals surface area contributed by atoms with Crippen molar-refractivity contribution in [2.45, 2.75) is 187 Å². The van der Waals surface area contributed by atoms with E-state index in [0.29, 0.717) is 19.3 Å². The lowest BCUT2D eigenvalue weighted by Crippen LogP contribution is -2.29. The number of carbonyl (C=O) groups is 2. The Balaban J connectivity index is 4.31. The van der Waals surface area contributed by atoms with Crippen LogP contribution in [-0.2, 0) is 32.7 Å². The Hall–Kier alpha value is -2.29. The van der Waals surface area contributed by atoms with Crippen LogP contribution in [0.15, 0.2) is 60.8 Å². The lowest BCUT2D eigenvalue weighted by Gasteiger charge is -2.19. The van der Waals surface area contributed by atoms with Gasteiger partial charge >= 0.3 is 19.8 Å². The molecule has 0 radical (unpaired) electrons. The van der Waals surface area contributed by atoms with Gasteiger partial charge in [-0.1, -0.05) is 158 Å². The van der Waals surface area contributed by atoms with Crippen LogP contribution < -0.4 is 5.73 Å². The first kappa shape index (κ1) is 52.7. The van der Waals surface area contributed by atoms with E-state index in [1.54, 1.807) is 0 Å². The van der Waals surface area contributed by atoms with E-state index in [0.717, 1.165) is 38.5 Å². The molecule has 0 spiro atoms. The van der Waals surface area contributed by atoms with E-state index < -0.39 is 32.5 Å². The highest BCUT2D eigenvalue weighted by Gasteiger charge is 2.25. The SMILES string of the molecule is CCCCCCCC/C=C/C/C=C/C/C=C/CCCC(=O)O[C@H](COC(=O)CCC/C=C/C/C=C/CCCCCCCCCCC)COP(=O)(O)OCCN. The summed E-state index contributed by atoms with van der Waals surface area (Å²) in [6.07, 6.45) is 48.4. The number of unbranched alkanes of at least 4 members (excludes halogenated alkanes) is 17. The minimum atomic E-state index is -4.40. The van der Waals surface area contributed by atoms with Gasteiger partial charge in [-0.05, 0) is 70.6 Å². The molecule has 0 aliphatic carbocycles. The van der Waals surface area contributed by atoms with E-state index in [-0.39, 0.29) is 32.6 Å². The average Bonchev–Trinajstić information content (AvgIpc) is 3.17. The molecule has 55 heavy (non-hydrogen) atoms. The molecule has 10 heteroatoms. The molecule has 0 amide bonds. The molecule has 0 rings (SSSR count). The number of ether oxygens (including phenoxy) is 2. The van der Waals surface area contributed by atoms with Crippen molar-refractivity contribution in [3.63, 3.8) is 0 Å². The van der Waals surface area contributed by atoms with Gasteiger partial charge in [-0.2, -0.15) is 0 Å². The molecule has 3 N–H and O–H groups in total. The average molecular weight is 794 g/mol. The third-order valence-corrected chi connectivity index (χ3v) is 9.86. The van der Waals surface area contributed by atoms with Crippen LogP contribution in [0.5, 0.6) is 0 Å². The van der Waals surface area contributed by atoms with Crippen LogP contribution in [0.3, 0.4) is 0 Å². The van der Waals surface area contributed by atoms with Gasteiger partial charge in [0.15, 0.2) is 6.10 Å². The van der Waals surface area contributed by atoms with Gasteiger partial charge in [-0.25, -0.2) is 4.57 Å². The summed E-state index contributed by atoms with van der Waals surface area (Å²) in [6, 6.07) is 0. The number of phosphoric acid groups is 1. The second-order valence-corrected chi connectivity index (χ2v) is 15.7. The van der Waals surface area contributed by atoms with Crippen molar-refractivity contribution in [1.82, 2.24) is 0 Å². The van der Waals surface area contributed by atoms with Crippen LogP contribution in [0.4, 0.5) is 0 Å². The molecular formula is C45H80NO8P. The van der Waals surface area contributed by atoms with E-state index in [1.165, 1.54) is 96.3 Å². The fourth-order valence-corrected chi connectivity index (χ4v) is 6.40. The second-order valence-electron chi connectivity index (χ2n) is 14.2. The van der Waals surface area contributed by atoms with Gasteiger partial charge < -0.3 is 20.1 Å². The first-order valence-corrected chi connectivity index (χ1v) is 23.3. The monoisotopic (exact) mass is 794 g/mol. The summed E-state index contributed by atoms with van der Waals surface area (Å²) < 4.78 is 32.7. The molecule has 318 valence electrons. The number of esters is 2. The molecule has 0 aromatic heterocycles. The van der Waals surface area contributed by atoms with Crippen molar-refractivity contribution >= 4 is 19.8 Å². The largest absolute Gasteiger partial charge is 0.472 e. The first-order valence-electron chi connectivity index (χ1n) is 21.8. The normalized spacial score (nSPS) is 13.9. The minimum absolute atomic E-state index is 0.0384. The molecule has 0 aromatic rings. The number of rotatable bonds is 40. The van der Waals surface area contributed by atoms with Crippen molar-refractivity contribution in [2.75, 3.05) is 26.4 Å². The molecule has 0 aliphatic heterocycles. The Labute approximate surface area is 336 Å². The summed E-state index contributed by atoms with van der Waals surface area (Å²) >= 11 is 0. The predicted molar refractivity (Wildman–Crippen MR) is 229 cm³/mol. The van der Waals surface area contributed by atoms with Crippen molar-refractivity contribution in [2.24, 2.45) is 5.73 Å². The molecule has 0 saturated carbocycles. The van der Waals surface area contributed by atoms with Crippen LogP contribution in [0.2, 0.25) is 0 Å². The summed E-state index contributed by atoms with van der Waals surface area (Å²) in [4.78, 5) is 34.8. The van der Waals surface area contributed by atoms with Crippen LogP contribution in [0.1, 0.15) is 181 Å². The van der Waals surface area contributed by atoms with Crippen LogP contribution in [-0.4, -0.2) is 49.3 Å². The quantitative estimate of drug-likeness (QED) is 0.0269. The molecule has 0 aromatic carbocycles. The van der Waals surface area contributed by atoms with Gasteiger partial charge in [0.25, 0.3) is 0 Å². The van der Waals surface area contributed by atoms with Crippen molar-refractivity contribution in [1.29, 1.82) is 0 Å². The lowest BCUT2D eigenvalue weighted by atomic mass is 10.1. The van der Waals surface area contributed by atoms with Gasteiger partial charge in [0, 0.05) is 19.4 Å². The molecule has 0 bridgehead atoms. The number of carbonyl (C=O) groups excluding carboxylic acids is 2. The Kier molecular flexibility index (Phi) is 39.6. The Bertz CT molecular complexity index is 1090. The highest BCUT2D eigenvalue weighted by molar-refractivity contribution is 7.47. The zero-order valence-electron chi connectivity index (χ0n) is 34.9. The topological polar surface area (TPSA) is 134 Å². The second kappa shape index (κ2) is 41.3. The molecule has 9 nitrogen and oxygen atoms in total. The summed E-state index contributed by atoms with van der Waals surface area (Å²) in [5.41, 5.74) is 5.34. The van der Waals surface area contributed by atoms with Crippen LogP contribution >= 0.6 is 7.82 Å². The van der Waals surface area contributed by atoms with Gasteiger partial charge in [0.2, 0.25) is 0 Å². The third-order valence-electron chi connectivity index (χ3n) is 8.88. The van der Waals surface area contributed by atoms with Gasteiger partial charge in [0.05, 0.1) is 13.2 Å². The fourth-order valence-electron chi connectivity index (χ4n) is 5.63.